The van der Waals surface area contributed by atoms with E-state index in [9.17, 15) is 18.0 Å². The van der Waals surface area contributed by atoms with Gasteiger partial charge in [-0.1, -0.05) is 11.6 Å². The number of ether oxygens (including phenoxy) is 1. The molecule has 2 N–H and O–H groups in total. The van der Waals surface area contributed by atoms with Crippen LogP contribution in [0.2, 0.25) is 5.02 Å². The zero-order valence-corrected chi connectivity index (χ0v) is 14.8. The van der Waals surface area contributed by atoms with Crippen molar-refractivity contribution in [1.82, 2.24) is 9.97 Å². The van der Waals surface area contributed by atoms with Gasteiger partial charge in [0.1, 0.15) is 17.2 Å². The van der Waals surface area contributed by atoms with Gasteiger partial charge in [-0.05, 0) is 31.2 Å². The number of carbonyl (C=O) groups excluding carboxylic acids is 1. The molecule has 0 bridgehead atoms. The second kappa shape index (κ2) is 6.80. The number of hydrogen-bond acceptors (Lipinski definition) is 6. The van der Waals surface area contributed by atoms with Crippen molar-refractivity contribution in [2.24, 2.45) is 10.7 Å². The average Bonchev–Trinajstić information content (AvgIpc) is 2.60. The Balaban J connectivity index is 1.99. The summed E-state index contributed by atoms with van der Waals surface area (Å²) in [6.07, 6.45) is 1.09. The van der Waals surface area contributed by atoms with Crippen LogP contribution < -0.4 is 5.73 Å². The molecule has 0 spiro atoms. The van der Waals surface area contributed by atoms with Gasteiger partial charge in [-0.2, -0.15) is 8.78 Å². The fourth-order valence-electron chi connectivity index (χ4n) is 2.63. The highest BCUT2D eigenvalue weighted by molar-refractivity contribution is 6.33. The summed E-state index contributed by atoms with van der Waals surface area (Å²) in [5, 5.41) is 0.144. The molecule has 142 valence electrons. The Morgan fingerprint density at radius 2 is 2.11 bits per heavy atom. The molecule has 0 fully saturated rings. The molecule has 1 atom stereocenters. The summed E-state index contributed by atoms with van der Waals surface area (Å²) in [4.78, 5) is 23.8. The first kappa shape index (κ1) is 19.1. The summed E-state index contributed by atoms with van der Waals surface area (Å²) >= 11 is 5.93. The van der Waals surface area contributed by atoms with Crippen LogP contribution in [0, 0.1) is 5.82 Å². The van der Waals surface area contributed by atoms with E-state index >= 15 is 0 Å². The minimum absolute atomic E-state index is 0.0108. The smallest absolute Gasteiger partial charge is 0.311 e. The van der Waals surface area contributed by atoms with E-state index in [2.05, 4.69) is 19.7 Å². The fraction of sp³-hybridized carbons (Fsp3) is 0.294. The Labute approximate surface area is 157 Å². The maximum atomic E-state index is 14.4. The van der Waals surface area contributed by atoms with Crippen LogP contribution in [0.25, 0.3) is 0 Å². The van der Waals surface area contributed by atoms with Gasteiger partial charge in [0, 0.05) is 11.9 Å². The Bertz CT molecular complexity index is 938. The molecule has 0 saturated heterocycles. The van der Waals surface area contributed by atoms with Crippen LogP contribution in [0.15, 0.2) is 35.5 Å². The zero-order valence-electron chi connectivity index (χ0n) is 14.0. The molecule has 0 aromatic carbocycles. The zero-order chi connectivity index (χ0) is 19.8. The van der Waals surface area contributed by atoms with Gasteiger partial charge in [0.05, 0.1) is 11.4 Å². The summed E-state index contributed by atoms with van der Waals surface area (Å²) in [6.45, 7) is -0.0539. The van der Waals surface area contributed by atoms with Crippen LogP contribution in [0.1, 0.15) is 28.8 Å². The molecule has 2 aromatic rings. The number of Topliss-reactive ketones (excluding diaryl/α,β-unsaturated/α-hetero) is 1. The van der Waals surface area contributed by atoms with Crippen molar-refractivity contribution in [2.45, 2.75) is 24.8 Å². The van der Waals surface area contributed by atoms with Crippen molar-refractivity contribution in [1.29, 1.82) is 0 Å². The molecule has 0 unspecified atom stereocenters. The normalized spacial score (nSPS) is 21.3. The lowest BCUT2D eigenvalue weighted by Crippen LogP contribution is -2.51. The minimum Gasteiger partial charge on any atom is -0.459 e. The first-order chi connectivity index (χ1) is 12.6. The van der Waals surface area contributed by atoms with Crippen molar-refractivity contribution < 1.29 is 22.7 Å². The van der Waals surface area contributed by atoms with Gasteiger partial charge >= 0.3 is 5.92 Å². The largest absolute Gasteiger partial charge is 0.459 e. The number of aromatic nitrogens is 2. The van der Waals surface area contributed by atoms with Gasteiger partial charge in [-0.3, -0.25) is 14.8 Å². The molecule has 27 heavy (non-hydrogen) atoms. The van der Waals surface area contributed by atoms with E-state index < -0.39 is 41.4 Å². The Morgan fingerprint density at radius 3 is 2.81 bits per heavy atom. The molecule has 10 heteroatoms. The van der Waals surface area contributed by atoms with Crippen molar-refractivity contribution in [3.63, 3.8) is 0 Å². The van der Waals surface area contributed by atoms with Crippen LogP contribution in [-0.2, 0) is 16.7 Å². The SMILES string of the molecule is C[C@]1(c2nc(CC(=O)c3ncccc3Cl)ccc2F)N=C(N)OCC1(F)F. The number of rotatable bonds is 4. The summed E-state index contributed by atoms with van der Waals surface area (Å²) < 4.78 is 47.7. The van der Waals surface area contributed by atoms with Crippen LogP contribution >= 0.6 is 11.6 Å². The summed E-state index contributed by atoms with van der Waals surface area (Å²) in [7, 11) is 0. The lowest BCUT2D eigenvalue weighted by Gasteiger charge is -2.36. The summed E-state index contributed by atoms with van der Waals surface area (Å²) in [6, 6.07) is 4.73. The van der Waals surface area contributed by atoms with E-state index in [0.29, 0.717) is 0 Å². The molecular formula is C17H14ClF3N4O2. The Morgan fingerprint density at radius 1 is 1.37 bits per heavy atom. The van der Waals surface area contributed by atoms with Crippen molar-refractivity contribution in [3.8, 4) is 0 Å². The molecule has 1 aliphatic heterocycles. The van der Waals surface area contributed by atoms with Gasteiger partial charge in [-0.15, -0.1) is 0 Å². The molecule has 0 amide bonds. The number of nitrogens with zero attached hydrogens (tertiary/aromatic N) is 3. The predicted octanol–water partition coefficient (Wildman–Crippen LogP) is 2.89. The number of hydrogen-bond donors (Lipinski definition) is 1. The number of aliphatic imine (C=N–C) groups is 1. The monoisotopic (exact) mass is 398 g/mol. The van der Waals surface area contributed by atoms with Gasteiger partial charge in [-0.25, -0.2) is 9.38 Å². The highest BCUT2D eigenvalue weighted by Gasteiger charge is 2.57. The minimum atomic E-state index is -3.56. The summed E-state index contributed by atoms with van der Waals surface area (Å²) in [5.74, 6) is -5.04. The molecule has 0 aliphatic carbocycles. The second-order valence-electron chi connectivity index (χ2n) is 6.08. The average molecular weight is 399 g/mol. The molecular weight excluding hydrogens is 385 g/mol. The van der Waals surface area contributed by atoms with Crippen LogP contribution in [0.4, 0.5) is 13.2 Å². The number of nitrogens with two attached hydrogens (primary N) is 1. The second-order valence-corrected chi connectivity index (χ2v) is 6.49. The fourth-order valence-corrected chi connectivity index (χ4v) is 2.85. The van der Waals surface area contributed by atoms with E-state index in [0.717, 1.165) is 13.0 Å². The number of alkyl halides is 2. The van der Waals surface area contributed by atoms with Crippen molar-refractivity contribution in [3.05, 3.63) is 58.4 Å². The van der Waals surface area contributed by atoms with E-state index in [1.165, 1.54) is 18.3 Å². The lowest BCUT2D eigenvalue weighted by atomic mass is 9.88. The standard InChI is InChI=1S/C17H14ClF3N4O2/c1-16(17(20,21)8-27-15(22)25-16)14-11(19)5-4-9(24-14)7-12(26)13-10(18)3-2-6-23-13/h2-6H,7-8H2,1H3,(H2,22,25)/t16-/m1/s1. The lowest BCUT2D eigenvalue weighted by molar-refractivity contribution is -0.118. The van der Waals surface area contributed by atoms with Crippen molar-refractivity contribution in [2.75, 3.05) is 6.61 Å². The maximum absolute atomic E-state index is 14.4. The third-order valence-corrected chi connectivity index (χ3v) is 4.48. The van der Waals surface area contributed by atoms with Crippen LogP contribution in [-0.4, -0.2) is 34.3 Å². The topological polar surface area (TPSA) is 90.5 Å². The van der Waals surface area contributed by atoms with Crippen molar-refractivity contribution >= 4 is 23.4 Å². The quantitative estimate of drug-likeness (QED) is 0.800. The number of pyridine rings is 2. The van der Waals surface area contributed by atoms with E-state index in [4.69, 9.17) is 17.3 Å². The molecule has 0 saturated carbocycles. The summed E-state index contributed by atoms with van der Waals surface area (Å²) in [5.41, 5.74) is 2.47. The predicted molar refractivity (Wildman–Crippen MR) is 91.3 cm³/mol. The Kier molecular flexibility index (Phi) is 4.81. The molecule has 2 aromatic heterocycles. The van der Waals surface area contributed by atoms with Gasteiger partial charge in [0.2, 0.25) is 0 Å². The van der Waals surface area contributed by atoms with E-state index in [-0.39, 0.29) is 22.8 Å². The van der Waals surface area contributed by atoms with E-state index in [1.54, 1.807) is 6.07 Å². The number of carbonyl (C=O) groups is 1. The van der Waals surface area contributed by atoms with Gasteiger partial charge in [0.25, 0.3) is 6.02 Å². The third-order valence-electron chi connectivity index (χ3n) is 4.18. The highest BCUT2D eigenvalue weighted by atomic mass is 35.5. The third kappa shape index (κ3) is 3.46. The number of amidine groups is 1. The van der Waals surface area contributed by atoms with Gasteiger partial charge < -0.3 is 10.5 Å². The molecule has 3 heterocycles. The number of ketones is 1. The molecule has 3 rings (SSSR count). The Hall–Kier alpha value is -2.68. The van der Waals surface area contributed by atoms with E-state index in [1.807, 2.05) is 0 Å². The molecule has 1 aliphatic rings. The van der Waals surface area contributed by atoms with Crippen LogP contribution in [0.5, 0.6) is 0 Å². The maximum Gasteiger partial charge on any atom is 0.311 e. The molecule has 0 radical (unpaired) electrons. The molecule has 6 nitrogen and oxygen atoms in total. The first-order valence-electron chi connectivity index (χ1n) is 7.79. The van der Waals surface area contributed by atoms with Crippen LogP contribution in [0.3, 0.4) is 0 Å². The first-order valence-corrected chi connectivity index (χ1v) is 8.17. The highest BCUT2D eigenvalue weighted by Crippen LogP contribution is 2.43. The number of halogens is 4. The van der Waals surface area contributed by atoms with Gasteiger partial charge in [0.15, 0.2) is 17.9 Å².